The molecule has 0 aliphatic heterocycles. The van der Waals surface area contributed by atoms with Crippen molar-refractivity contribution in [1.29, 1.82) is 0 Å². The molecule has 0 radical (unpaired) electrons. The fourth-order valence-electron chi connectivity index (χ4n) is 2.41. The first-order valence-corrected chi connectivity index (χ1v) is 7.91. The minimum absolute atomic E-state index is 0.0224. The molecule has 4 nitrogen and oxygen atoms in total. The molecule has 0 heterocycles. The fraction of sp³-hybridized carbons (Fsp3) is 0.190. The van der Waals surface area contributed by atoms with E-state index in [4.69, 9.17) is 4.74 Å². The molecule has 1 atom stereocenters. The van der Waals surface area contributed by atoms with Gasteiger partial charge in [0, 0.05) is 28.7 Å². The summed E-state index contributed by atoms with van der Waals surface area (Å²) in [4.78, 5) is 12.3. The summed E-state index contributed by atoms with van der Waals surface area (Å²) in [7, 11) is 1.51. The Bertz CT molecular complexity index is 817. The highest BCUT2D eigenvalue weighted by Gasteiger charge is 2.15. The van der Waals surface area contributed by atoms with Crippen molar-refractivity contribution in [3.8, 4) is 17.2 Å². The summed E-state index contributed by atoms with van der Waals surface area (Å²) in [6.45, 7) is 7.79. The molecule has 0 spiro atoms. The van der Waals surface area contributed by atoms with E-state index in [2.05, 4.69) is 6.58 Å². The van der Waals surface area contributed by atoms with Gasteiger partial charge in [0.2, 0.25) is 0 Å². The predicted molar refractivity (Wildman–Crippen MR) is 99.4 cm³/mol. The molecular weight excluding hydrogens is 316 g/mol. The monoisotopic (exact) mass is 338 g/mol. The van der Waals surface area contributed by atoms with Crippen LogP contribution >= 0.6 is 0 Å². The Morgan fingerprint density at radius 3 is 2.40 bits per heavy atom. The first-order valence-electron chi connectivity index (χ1n) is 7.91. The largest absolute Gasteiger partial charge is 0.508 e. The summed E-state index contributed by atoms with van der Waals surface area (Å²) in [5, 5.41) is 19.5. The number of allylic oxidation sites excluding steroid dienone is 2. The van der Waals surface area contributed by atoms with Crippen LogP contribution in [0, 0.1) is 0 Å². The van der Waals surface area contributed by atoms with E-state index in [-0.39, 0.29) is 23.2 Å². The molecule has 2 rings (SSSR count). The van der Waals surface area contributed by atoms with Gasteiger partial charge in [-0.05, 0) is 49.4 Å². The van der Waals surface area contributed by atoms with E-state index in [0.717, 1.165) is 11.1 Å². The molecule has 0 aliphatic rings. The van der Waals surface area contributed by atoms with Crippen LogP contribution in [0.1, 0.15) is 41.3 Å². The molecule has 0 amide bonds. The number of carbonyl (C=O) groups is 1. The summed E-state index contributed by atoms with van der Waals surface area (Å²) in [5.41, 5.74) is 2.82. The Kier molecular flexibility index (Phi) is 5.65. The number of phenolic OH excluding ortho intramolecular Hbond substituents is 2. The molecule has 2 N–H and O–H groups in total. The first-order chi connectivity index (χ1) is 11.8. The van der Waals surface area contributed by atoms with E-state index < -0.39 is 0 Å². The second-order valence-electron chi connectivity index (χ2n) is 5.97. The van der Waals surface area contributed by atoms with Gasteiger partial charge in [-0.15, -0.1) is 0 Å². The molecule has 130 valence electrons. The lowest BCUT2D eigenvalue weighted by molar-refractivity contribution is 0.104. The van der Waals surface area contributed by atoms with Gasteiger partial charge in [-0.25, -0.2) is 0 Å². The van der Waals surface area contributed by atoms with Gasteiger partial charge in [0.05, 0.1) is 7.11 Å². The molecule has 0 unspecified atom stereocenters. The number of ether oxygens (including phenoxy) is 1. The third kappa shape index (κ3) is 4.29. The molecule has 0 aliphatic carbocycles. The lowest BCUT2D eigenvalue weighted by Crippen LogP contribution is -1.98. The summed E-state index contributed by atoms with van der Waals surface area (Å²) in [6, 6.07) is 9.40. The van der Waals surface area contributed by atoms with Crippen LogP contribution in [-0.4, -0.2) is 23.1 Å². The lowest BCUT2D eigenvalue weighted by Gasteiger charge is -2.16. The number of methoxy groups -OCH3 is 1. The quantitative estimate of drug-likeness (QED) is 0.456. The Balaban J connectivity index is 2.36. The van der Waals surface area contributed by atoms with Gasteiger partial charge >= 0.3 is 0 Å². The van der Waals surface area contributed by atoms with Crippen molar-refractivity contribution < 1.29 is 19.7 Å². The van der Waals surface area contributed by atoms with Crippen molar-refractivity contribution in [3.05, 3.63) is 71.3 Å². The summed E-state index contributed by atoms with van der Waals surface area (Å²) in [6.07, 6.45) is 3.10. The molecule has 2 aromatic carbocycles. The number of hydrogen-bond acceptors (Lipinski definition) is 4. The normalized spacial score (nSPS) is 12.1. The molecular formula is C21H22O4. The highest BCUT2D eigenvalue weighted by Crippen LogP contribution is 2.36. The Hall–Kier alpha value is -3.01. The first kappa shape index (κ1) is 18.3. The Morgan fingerprint density at radius 2 is 1.84 bits per heavy atom. The molecule has 2 aromatic rings. The van der Waals surface area contributed by atoms with Gasteiger partial charge in [-0.1, -0.05) is 19.1 Å². The van der Waals surface area contributed by atoms with Gasteiger partial charge in [-0.3, -0.25) is 4.79 Å². The number of hydrogen-bond donors (Lipinski definition) is 2. The molecule has 4 heteroatoms. The van der Waals surface area contributed by atoms with Crippen molar-refractivity contribution in [2.24, 2.45) is 0 Å². The average Bonchev–Trinajstić information content (AvgIpc) is 2.59. The molecule has 0 saturated heterocycles. The molecule has 0 bridgehead atoms. The molecule has 0 aromatic heterocycles. The van der Waals surface area contributed by atoms with Gasteiger partial charge in [0.25, 0.3) is 0 Å². The predicted octanol–water partition coefficient (Wildman–Crippen LogP) is 4.68. The summed E-state index contributed by atoms with van der Waals surface area (Å²) >= 11 is 0. The zero-order chi connectivity index (χ0) is 18.6. The third-order valence-electron chi connectivity index (χ3n) is 4.15. The number of ketones is 1. The zero-order valence-electron chi connectivity index (χ0n) is 14.6. The zero-order valence-corrected chi connectivity index (χ0v) is 14.6. The van der Waals surface area contributed by atoms with Crippen molar-refractivity contribution in [2.45, 2.75) is 19.8 Å². The van der Waals surface area contributed by atoms with Gasteiger partial charge in [0.15, 0.2) is 5.78 Å². The maximum absolute atomic E-state index is 12.3. The van der Waals surface area contributed by atoms with E-state index in [1.54, 1.807) is 30.3 Å². The van der Waals surface area contributed by atoms with Crippen LogP contribution in [0.2, 0.25) is 0 Å². The SMILES string of the molecule is C=C(C)[C@@H](C)c1cc(/C=C/C(=O)c2ccc(O)cc2)c(OC)cc1O. The van der Waals surface area contributed by atoms with Crippen LogP contribution in [-0.2, 0) is 0 Å². The highest BCUT2D eigenvalue weighted by atomic mass is 16.5. The highest BCUT2D eigenvalue weighted by molar-refractivity contribution is 6.07. The van der Waals surface area contributed by atoms with E-state index in [9.17, 15) is 15.0 Å². The van der Waals surface area contributed by atoms with Crippen LogP contribution in [0.4, 0.5) is 0 Å². The standard InChI is InChI=1S/C21H22O4/c1-13(2)14(3)18-11-16(21(25-4)12-20(18)24)7-10-19(23)15-5-8-17(22)9-6-15/h5-12,14,22,24H,1H2,2-4H3/b10-7+/t14-/m1/s1. The minimum atomic E-state index is -0.190. The number of carbonyl (C=O) groups excluding carboxylic acids is 1. The second-order valence-corrected chi connectivity index (χ2v) is 5.97. The van der Waals surface area contributed by atoms with Crippen molar-refractivity contribution in [1.82, 2.24) is 0 Å². The third-order valence-corrected chi connectivity index (χ3v) is 4.15. The second kappa shape index (κ2) is 7.71. The minimum Gasteiger partial charge on any atom is -0.508 e. The van der Waals surface area contributed by atoms with E-state index in [0.29, 0.717) is 16.9 Å². The Morgan fingerprint density at radius 1 is 1.20 bits per heavy atom. The lowest BCUT2D eigenvalue weighted by atomic mass is 9.92. The van der Waals surface area contributed by atoms with Gasteiger partial charge in [0.1, 0.15) is 17.2 Å². The molecule has 25 heavy (non-hydrogen) atoms. The van der Waals surface area contributed by atoms with Crippen molar-refractivity contribution >= 4 is 11.9 Å². The maximum Gasteiger partial charge on any atom is 0.185 e. The fourth-order valence-corrected chi connectivity index (χ4v) is 2.41. The summed E-state index contributed by atoms with van der Waals surface area (Å²) < 4.78 is 5.30. The number of benzene rings is 2. The Labute approximate surface area is 147 Å². The summed E-state index contributed by atoms with van der Waals surface area (Å²) in [5.74, 6) is 0.508. The van der Waals surface area contributed by atoms with Gasteiger partial charge < -0.3 is 14.9 Å². The number of phenols is 2. The van der Waals surface area contributed by atoms with E-state index in [1.165, 1.54) is 25.3 Å². The average molecular weight is 338 g/mol. The maximum atomic E-state index is 12.3. The van der Waals surface area contributed by atoms with Crippen molar-refractivity contribution in [3.63, 3.8) is 0 Å². The van der Waals surface area contributed by atoms with Crippen LogP contribution in [0.25, 0.3) is 6.08 Å². The van der Waals surface area contributed by atoms with Gasteiger partial charge in [-0.2, -0.15) is 0 Å². The molecule has 0 fully saturated rings. The van der Waals surface area contributed by atoms with Crippen molar-refractivity contribution in [2.75, 3.05) is 7.11 Å². The number of rotatable bonds is 6. The number of aromatic hydroxyl groups is 2. The van der Waals surface area contributed by atoms with Crippen LogP contribution in [0.3, 0.4) is 0 Å². The smallest absolute Gasteiger partial charge is 0.185 e. The van der Waals surface area contributed by atoms with E-state index in [1.807, 2.05) is 13.8 Å². The van der Waals surface area contributed by atoms with Crippen LogP contribution < -0.4 is 4.74 Å². The van der Waals surface area contributed by atoms with E-state index >= 15 is 0 Å². The van der Waals surface area contributed by atoms with Crippen LogP contribution in [0.15, 0.2) is 54.6 Å². The van der Waals surface area contributed by atoms with Crippen LogP contribution in [0.5, 0.6) is 17.2 Å². The topological polar surface area (TPSA) is 66.8 Å². The molecule has 0 saturated carbocycles.